The fraction of sp³-hybridized carbons (Fsp3) is 0.500. The molecule has 0 aromatic rings. The molecule has 1 heteroatoms. The van der Waals surface area contributed by atoms with Gasteiger partial charge in [0.25, 0.3) is 0 Å². The molecule has 17 heavy (non-hydrogen) atoms. The van der Waals surface area contributed by atoms with Crippen LogP contribution in [0.4, 0.5) is 0 Å². The summed E-state index contributed by atoms with van der Waals surface area (Å²) in [7, 11) is 0. The first-order chi connectivity index (χ1) is 8.04. The normalized spacial score (nSPS) is 35.5. The Labute approximate surface area is 112 Å². The van der Waals surface area contributed by atoms with E-state index in [9.17, 15) is 0 Å². The van der Waals surface area contributed by atoms with Crippen molar-refractivity contribution in [1.29, 1.82) is 0 Å². The van der Waals surface area contributed by atoms with E-state index in [0.29, 0.717) is 0 Å². The first kappa shape index (κ1) is 12.9. The van der Waals surface area contributed by atoms with Gasteiger partial charge in [-0.1, -0.05) is 0 Å². The molecule has 0 radical (unpaired) electrons. The maximum atomic E-state index is 2.39. The minimum absolute atomic E-state index is 0.256. The predicted molar refractivity (Wildman–Crippen MR) is 71.8 cm³/mol. The van der Waals surface area contributed by atoms with Crippen molar-refractivity contribution in [2.45, 2.75) is 49.2 Å². The second kappa shape index (κ2) is 4.63. The van der Waals surface area contributed by atoms with Gasteiger partial charge in [-0.15, -0.1) is 0 Å². The van der Waals surface area contributed by atoms with E-state index in [0.717, 1.165) is 12.8 Å². The standard InChI is InChI=1S/2C8H11.Fe/c2*1-3-8-6-4-5-7(8)2;/h2*4-6H,3H2,1-2H3;. The van der Waals surface area contributed by atoms with E-state index < -0.39 is 0 Å². The molecule has 0 aliphatic heterocycles. The van der Waals surface area contributed by atoms with Gasteiger partial charge >= 0.3 is 112 Å². The maximum absolute atomic E-state index is 2.39. The number of allylic oxidation sites excluding steroid dienone is 8. The topological polar surface area (TPSA) is 0 Å². The van der Waals surface area contributed by atoms with Gasteiger partial charge in [0.05, 0.1) is 0 Å². The molecule has 0 heterocycles. The molecule has 94 valence electrons. The van der Waals surface area contributed by atoms with Crippen LogP contribution in [0.1, 0.15) is 40.5 Å². The van der Waals surface area contributed by atoms with E-state index in [1.807, 2.05) is 0 Å². The number of rotatable bonds is 4. The molecule has 0 aromatic carbocycles. The van der Waals surface area contributed by atoms with Gasteiger partial charge < -0.3 is 0 Å². The number of hydrogen-bond acceptors (Lipinski definition) is 0. The van der Waals surface area contributed by atoms with Crippen LogP contribution in [0.3, 0.4) is 0 Å². The van der Waals surface area contributed by atoms with Crippen molar-refractivity contribution in [1.82, 2.24) is 0 Å². The van der Waals surface area contributed by atoms with Crippen molar-refractivity contribution < 1.29 is 15.0 Å². The van der Waals surface area contributed by atoms with Crippen LogP contribution in [0.2, 0.25) is 8.63 Å². The zero-order valence-electron chi connectivity index (χ0n) is 11.2. The summed E-state index contributed by atoms with van der Waals surface area (Å²) in [5.41, 5.74) is 3.16. The van der Waals surface area contributed by atoms with Crippen LogP contribution in [-0.2, 0) is 15.0 Å². The third kappa shape index (κ3) is 2.23. The Balaban J connectivity index is 2.22. The molecule has 0 bridgehead atoms. The Morgan fingerprint density at radius 2 is 1.29 bits per heavy atom. The zero-order chi connectivity index (χ0) is 12.5. The summed E-state index contributed by atoms with van der Waals surface area (Å²) in [6.07, 6.45) is 16.2. The van der Waals surface area contributed by atoms with Gasteiger partial charge in [-0.25, -0.2) is 0 Å². The summed E-state index contributed by atoms with van der Waals surface area (Å²) in [4.78, 5) is 0. The summed E-state index contributed by atoms with van der Waals surface area (Å²) >= 11 is 1.20. The van der Waals surface area contributed by atoms with E-state index in [-0.39, 0.29) is 8.63 Å². The minimum atomic E-state index is 0.256. The van der Waals surface area contributed by atoms with E-state index in [2.05, 4.69) is 64.2 Å². The summed E-state index contributed by atoms with van der Waals surface area (Å²) in [5.74, 6) is 0. The molecule has 0 spiro atoms. The molecular weight excluding hydrogens is 248 g/mol. The molecular formula is C16H22Fe. The summed E-state index contributed by atoms with van der Waals surface area (Å²) in [5, 5.41) is 0. The molecule has 2 aliphatic carbocycles. The van der Waals surface area contributed by atoms with E-state index >= 15 is 0 Å². The Kier molecular flexibility index (Phi) is 3.52. The summed E-state index contributed by atoms with van der Waals surface area (Å²) in [6.45, 7) is 9.30. The molecule has 2 atom stereocenters. The molecule has 2 rings (SSSR count). The average Bonchev–Trinajstić information content (AvgIpc) is 2.81. The third-order valence-corrected chi connectivity index (χ3v) is 6.00. The van der Waals surface area contributed by atoms with Crippen molar-refractivity contribution in [2.75, 3.05) is 0 Å². The molecule has 0 saturated carbocycles. The molecule has 0 amide bonds. The van der Waals surface area contributed by atoms with Gasteiger partial charge in [0, 0.05) is 0 Å². The second-order valence-corrected chi connectivity index (χ2v) is 7.57. The van der Waals surface area contributed by atoms with Crippen LogP contribution in [0.15, 0.2) is 47.6 Å². The fourth-order valence-corrected chi connectivity index (χ4v) is 5.21. The van der Waals surface area contributed by atoms with Crippen LogP contribution in [-0.4, -0.2) is 0 Å². The van der Waals surface area contributed by atoms with Crippen molar-refractivity contribution >= 4 is 0 Å². The Bertz CT molecular complexity index is 385. The van der Waals surface area contributed by atoms with Gasteiger partial charge in [0.15, 0.2) is 0 Å². The molecule has 0 aromatic heterocycles. The van der Waals surface area contributed by atoms with E-state index in [1.54, 1.807) is 11.1 Å². The van der Waals surface area contributed by atoms with Gasteiger partial charge in [0.1, 0.15) is 0 Å². The van der Waals surface area contributed by atoms with E-state index in [4.69, 9.17) is 0 Å². The first-order valence-electron chi connectivity index (χ1n) is 6.46. The Morgan fingerprint density at radius 3 is 1.65 bits per heavy atom. The zero-order valence-corrected chi connectivity index (χ0v) is 12.3. The molecule has 0 N–H and O–H groups in total. The van der Waals surface area contributed by atoms with Crippen LogP contribution in [0, 0.1) is 0 Å². The van der Waals surface area contributed by atoms with Crippen molar-refractivity contribution in [2.24, 2.45) is 0 Å². The van der Waals surface area contributed by atoms with Crippen molar-refractivity contribution in [3.63, 3.8) is 0 Å². The van der Waals surface area contributed by atoms with Crippen LogP contribution in [0.25, 0.3) is 0 Å². The van der Waals surface area contributed by atoms with E-state index in [1.165, 1.54) is 15.0 Å². The summed E-state index contributed by atoms with van der Waals surface area (Å²) < 4.78 is 0.513. The molecule has 0 fully saturated rings. The third-order valence-electron chi connectivity index (χ3n) is 3.77. The van der Waals surface area contributed by atoms with Crippen molar-refractivity contribution in [3.8, 4) is 0 Å². The predicted octanol–water partition coefficient (Wildman–Crippen LogP) is 5.24. The average molecular weight is 270 g/mol. The molecule has 2 unspecified atom stereocenters. The molecule has 2 aliphatic rings. The Morgan fingerprint density at radius 1 is 0.882 bits per heavy atom. The molecule has 0 saturated heterocycles. The summed E-state index contributed by atoms with van der Waals surface area (Å²) in [6, 6.07) is 0. The monoisotopic (exact) mass is 270 g/mol. The van der Waals surface area contributed by atoms with Gasteiger partial charge in [0.2, 0.25) is 0 Å². The van der Waals surface area contributed by atoms with Gasteiger partial charge in [-0.05, 0) is 0 Å². The van der Waals surface area contributed by atoms with Crippen molar-refractivity contribution in [3.05, 3.63) is 47.6 Å². The number of hydrogen-bond donors (Lipinski definition) is 0. The van der Waals surface area contributed by atoms with Crippen LogP contribution < -0.4 is 0 Å². The quantitative estimate of drug-likeness (QED) is 0.613. The SMILES string of the molecule is CCC1=CC=C[C]1(C)[Fe][C]1(C)C=CC=C1CC. The van der Waals surface area contributed by atoms with Gasteiger partial charge in [-0.3, -0.25) is 0 Å². The Hall–Kier alpha value is -0.521. The van der Waals surface area contributed by atoms with Crippen LogP contribution in [0.5, 0.6) is 0 Å². The first-order valence-corrected chi connectivity index (χ1v) is 7.57. The fourth-order valence-electron chi connectivity index (χ4n) is 2.69. The van der Waals surface area contributed by atoms with Crippen LogP contribution >= 0.6 is 0 Å². The second-order valence-electron chi connectivity index (χ2n) is 5.00. The van der Waals surface area contributed by atoms with Gasteiger partial charge in [-0.2, -0.15) is 0 Å². The molecule has 0 nitrogen and oxygen atoms in total.